The maximum Gasteiger partial charge on any atom is 0.264 e. The fourth-order valence-corrected chi connectivity index (χ4v) is 2.53. The zero-order valence-electron chi connectivity index (χ0n) is 11.8. The summed E-state index contributed by atoms with van der Waals surface area (Å²) in [5.41, 5.74) is 1.05. The molecule has 0 bridgehead atoms. The number of likely N-dealkylation sites (N-methyl/N-ethyl adjacent to an activating group) is 1. The lowest BCUT2D eigenvalue weighted by atomic mass is 10.2. The Morgan fingerprint density at radius 2 is 2.10 bits per heavy atom. The molecule has 2 rings (SSSR count). The molecular formula is C15H19N3OS. The van der Waals surface area contributed by atoms with E-state index in [1.165, 1.54) is 11.3 Å². The van der Waals surface area contributed by atoms with Gasteiger partial charge in [-0.3, -0.25) is 9.78 Å². The molecule has 0 aromatic carbocycles. The van der Waals surface area contributed by atoms with Gasteiger partial charge in [-0.1, -0.05) is 12.1 Å². The molecule has 0 aliphatic heterocycles. The number of carbonyl (C=O) groups excluding carboxylic acids is 1. The van der Waals surface area contributed by atoms with Gasteiger partial charge in [0, 0.05) is 32.0 Å². The summed E-state index contributed by atoms with van der Waals surface area (Å²) in [5, 5.41) is 1.93. The number of amides is 1. The molecule has 0 spiro atoms. The van der Waals surface area contributed by atoms with Crippen LogP contribution in [0.1, 0.15) is 15.2 Å². The zero-order chi connectivity index (χ0) is 14.4. The van der Waals surface area contributed by atoms with Crippen LogP contribution in [-0.4, -0.2) is 47.9 Å². The summed E-state index contributed by atoms with van der Waals surface area (Å²) in [5.74, 6) is 0.0886. The predicted molar refractivity (Wildman–Crippen MR) is 81.9 cm³/mol. The van der Waals surface area contributed by atoms with E-state index in [1.54, 1.807) is 6.20 Å². The standard InChI is InChI=1S/C15H19N3OS/c1-17(2)8-9-18(12-13-5-3-7-16-11-13)15(19)14-6-4-10-20-14/h3-7,10-11H,8-9,12H2,1-2H3. The van der Waals surface area contributed by atoms with Crippen LogP contribution < -0.4 is 0 Å². The minimum absolute atomic E-state index is 0.0886. The molecule has 106 valence electrons. The van der Waals surface area contributed by atoms with Crippen molar-refractivity contribution in [3.63, 3.8) is 0 Å². The zero-order valence-corrected chi connectivity index (χ0v) is 12.6. The lowest BCUT2D eigenvalue weighted by Crippen LogP contribution is -2.35. The van der Waals surface area contributed by atoms with Crippen LogP contribution in [-0.2, 0) is 6.54 Å². The second-order valence-electron chi connectivity index (χ2n) is 4.87. The van der Waals surface area contributed by atoms with Crippen LogP contribution >= 0.6 is 11.3 Å². The van der Waals surface area contributed by atoms with Gasteiger partial charge in [0.2, 0.25) is 0 Å². The molecule has 0 aliphatic carbocycles. The first kappa shape index (κ1) is 14.7. The SMILES string of the molecule is CN(C)CCN(Cc1cccnc1)C(=O)c1cccs1. The van der Waals surface area contributed by atoms with Crippen LogP contribution in [0.25, 0.3) is 0 Å². The van der Waals surface area contributed by atoms with E-state index in [0.717, 1.165) is 17.0 Å². The second kappa shape index (κ2) is 7.17. The van der Waals surface area contributed by atoms with Gasteiger partial charge in [-0.2, -0.15) is 0 Å². The lowest BCUT2D eigenvalue weighted by molar-refractivity contribution is 0.0737. The molecule has 2 aromatic heterocycles. The van der Waals surface area contributed by atoms with Crippen molar-refractivity contribution in [3.8, 4) is 0 Å². The molecule has 0 atom stereocenters. The molecule has 0 saturated heterocycles. The van der Waals surface area contributed by atoms with Gasteiger partial charge in [-0.15, -0.1) is 11.3 Å². The van der Waals surface area contributed by atoms with E-state index in [2.05, 4.69) is 9.88 Å². The fraction of sp³-hybridized carbons (Fsp3) is 0.333. The van der Waals surface area contributed by atoms with Gasteiger partial charge >= 0.3 is 0 Å². The first-order valence-corrected chi connectivity index (χ1v) is 7.41. The van der Waals surface area contributed by atoms with Crippen LogP contribution in [0.3, 0.4) is 0 Å². The number of nitrogens with zero attached hydrogens (tertiary/aromatic N) is 3. The molecule has 0 aliphatic rings. The molecule has 2 heterocycles. The van der Waals surface area contributed by atoms with Crippen LogP contribution in [0, 0.1) is 0 Å². The normalized spacial score (nSPS) is 10.8. The summed E-state index contributed by atoms with van der Waals surface area (Å²) >= 11 is 1.48. The predicted octanol–water partition coefficient (Wildman–Crippen LogP) is 2.35. The van der Waals surface area contributed by atoms with E-state index < -0.39 is 0 Å². The average molecular weight is 289 g/mol. The number of rotatable bonds is 6. The van der Waals surface area contributed by atoms with Crippen molar-refractivity contribution in [2.24, 2.45) is 0 Å². The highest BCUT2D eigenvalue weighted by Gasteiger charge is 2.17. The third kappa shape index (κ3) is 4.15. The molecular weight excluding hydrogens is 270 g/mol. The Morgan fingerprint density at radius 3 is 2.70 bits per heavy atom. The van der Waals surface area contributed by atoms with E-state index >= 15 is 0 Å². The monoisotopic (exact) mass is 289 g/mol. The fourth-order valence-electron chi connectivity index (χ4n) is 1.84. The van der Waals surface area contributed by atoms with Crippen LogP contribution in [0.4, 0.5) is 0 Å². The van der Waals surface area contributed by atoms with E-state index in [-0.39, 0.29) is 5.91 Å². The van der Waals surface area contributed by atoms with Crippen molar-refractivity contribution in [1.82, 2.24) is 14.8 Å². The molecule has 0 fully saturated rings. The summed E-state index contributed by atoms with van der Waals surface area (Å²) in [4.78, 5) is 21.4. The van der Waals surface area contributed by atoms with Gasteiger partial charge in [-0.25, -0.2) is 0 Å². The Morgan fingerprint density at radius 1 is 1.25 bits per heavy atom. The Kier molecular flexibility index (Phi) is 5.26. The molecule has 20 heavy (non-hydrogen) atoms. The number of pyridine rings is 1. The minimum atomic E-state index is 0.0886. The number of carbonyl (C=O) groups is 1. The van der Waals surface area contributed by atoms with Crippen LogP contribution in [0.5, 0.6) is 0 Å². The Bertz CT molecular complexity index is 525. The maximum atomic E-state index is 12.5. The summed E-state index contributed by atoms with van der Waals surface area (Å²) in [6.07, 6.45) is 3.55. The molecule has 0 unspecified atom stereocenters. The van der Waals surface area contributed by atoms with E-state index in [4.69, 9.17) is 0 Å². The van der Waals surface area contributed by atoms with Crippen LogP contribution in [0.2, 0.25) is 0 Å². The number of aromatic nitrogens is 1. The molecule has 4 nitrogen and oxygen atoms in total. The van der Waals surface area contributed by atoms with Crippen molar-refractivity contribution in [3.05, 3.63) is 52.5 Å². The molecule has 0 N–H and O–H groups in total. The van der Waals surface area contributed by atoms with Crippen LogP contribution in [0.15, 0.2) is 42.0 Å². The molecule has 0 radical (unpaired) electrons. The van der Waals surface area contributed by atoms with E-state index in [9.17, 15) is 4.79 Å². The summed E-state index contributed by atoms with van der Waals surface area (Å²) < 4.78 is 0. The van der Waals surface area contributed by atoms with Crippen molar-refractivity contribution >= 4 is 17.2 Å². The van der Waals surface area contributed by atoms with E-state index in [0.29, 0.717) is 13.1 Å². The maximum absolute atomic E-state index is 12.5. The van der Waals surface area contributed by atoms with Gasteiger partial charge < -0.3 is 9.80 Å². The summed E-state index contributed by atoms with van der Waals surface area (Å²) in [7, 11) is 4.02. The van der Waals surface area contributed by atoms with Crippen molar-refractivity contribution in [2.75, 3.05) is 27.2 Å². The van der Waals surface area contributed by atoms with Gasteiger partial charge in [0.25, 0.3) is 5.91 Å². The smallest absolute Gasteiger partial charge is 0.264 e. The Hall–Kier alpha value is -1.72. The first-order valence-electron chi connectivity index (χ1n) is 6.53. The molecule has 1 amide bonds. The highest BCUT2D eigenvalue weighted by molar-refractivity contribution is 7.12. The highest BCUT2D eigenvalue weighted by atomic mass is 32.1. The number of hydrogen-bond donors (Lipinski definition) is 0. The highest BCUT2D eigenvalue weighted by Crippen LogP contribution is 2.14. The quantitative estimate of drug-likeness (QED) is 0.819. The number of hydrogen-bond acceptors (Lipinski definition) is 4. The van der Waals surface area contributed by atoms with Crippen molar-refractivity contribution in [2.45, 2.75) is 6.54 Å². The van der Waals surface area contributed by atoms with Gasteiger partial charge in [-0.05, 0) is 37.2 Å². The van der Waals surface area contributed by atoms with Gasteiger partial charge in [0.15, 0.2) is 0 Å². The molecule has 2 aromatic rings. The van der Waals surface area contributed by atoms with Crippen molar-refractivity contribution < 1.29 is 4.79 Å². The summed E-state index contributed by atoms with van der Waals surface area (Å²) in [6, 6.07) is 7.68. The van der Waals surface area contributed by atoms with Gasteiger partial charge in [0.05, 0.1) is 4.88 Å². The molecule has 5 heteroatoms. The summed E-state index contributed by atoms with van der Waals surface area (Å²) in [6.45, 7) is 2.15. The van der Waals surface area contributed by atoms with E-state index in [1.807, 2.05) is 54.8 Å². The second-order valence-corrected chi connectivity index (χ2v) is 5.82. The molecule has 0 saturated carbocycles. The van der Waals surface area contributed by atoms with Crippen molar-refractivity contribution in [1.29, 1.82) is 0 Å². The third-order valence-electron chi connectivity index (χ3n) is 2.93. The minimum Gasteiger partial charge on any atom is -0.332 e. The average Bonchev–Trinajstić information content (AvgIpc) is 2.97. The Balaban J connectivity index is 2.10. The Labute approximate surface area is 123 Å². The lowest BCUT2D eigenvalue weighted by Gasteiger charge is -2.24. The first-order chi connectivity index (χ1) is 9.66. The third-order valence-corrected chi connectivity index (χ3v) is 3.79. The number of thiophene rings is 1. The topological polar surface area (TPSA) is 36.4 Å². The van der Waals surface area contributed by atoms with Gasteiger partial charge in [0.1, 0.15) is 0 Å². The largest absolute Gasteiger partial charge is 0.332 e.